The summed E-state index contributed by atoms with van der Waals surface area (Å²) in [5.74, 6) is 0. The number of ether oxygens (including phenoxy) is 3. The summed E-state index contributed by atoms with van der Waals surface area (Å²) in [7, 11) is 1.65. The zero-order valence-corrected chi connectivity index (χ0v) is 11.4. The minimum Gasteiger partial charge on any atom is -0.379 e. The highest BCUT2D eigenvalue weighted by molar-refractivity contribution is 5.26. The molecule has 2 unspecified atom stereocenters. The van der Waals surface area contributed by atoms with Crippen molar-refractivity contribution in [2.75, 3.05) is 13.7 Å². The first kappa shape index (κ1) is 13.3. The van der Waals surface area contributed by atoms with Crippen LogP contribution < -0.4 is 0 Å². The first-order valence-corrected chi connectivity index (χ1v) is 6.78. The molecule has 0 amide bonds. The van der Waals surface area contributed by atoms with Gasteiger partial charge in [-0.15, -0.1) is 0 Å². The van der Waals surface area contributed by atoms with Crippen molar-refractivity contribution in [3.05, 3.63) is 71.8 Å². The molecule has 1 fully saturated rings. The molecule has 0 aromatic heterocycles. The molecule has 1 saturated heterocycles. The van der Waals surface area contributed by atoms with E-state index in [2.05, 4.69) is 24.3 Å². The van der Waals surface area contributed by atoms with Gasteiger partial charge in [0.25, 0.3) is 0 Å². The van der Waals surface area contributed by atoms with Crippen LogP contribution >= 0.6 is 0 Å². The molecular formula is C17H18O3. The van der Waals surface area contributed by atoms with E-state index in [1.165, 1.54) is 0 Å². The number of benzene rings is 2. The molecule has 104 valence electrons. The number of rotatable bonds is 4. The van der Waals surface area contributed by atoms with Crippen LogP contribution in [-0.2, 0) is 14.2 Å². The fraction of sp³-hybridized carbons (Fsp3) is 0.294. The van der Waals surface area contributed by atoms with Crippen LogP contribution in [0.4, 0.5) is 0 Å². The van der Waals surface area contributed by atoms with Crippen LogP contribution in [0.15, 0.2) is 60.7 Å². The molecule has 0 spiro atoms. The molecule has 2 aromatic rings. The summed E-state index contributed by atoms with van der Waals surface area (Å²) in [6, 6.07) is 20.4. The standard InChI is InChI=1S/C17H18O3/c1-18-12-15-19-16(13-8-4-2-5-9-13)17(20-15)14-10-6-3-7-11-14/h2-11,15-17H,12H2,1H3. The highest BCUT2D eigenvalue weighted by Gasteiger charge is 2.37. The number of hydrogen-bond donors (Lipinski definition) is 0. The molecule has 20 heavy (non-hydrogen) atoms. The summed E-state index contributed by atoms with van der Waals surface area (Å²) in [6.45, 7) is 0.437. The Morgan fingerprint density at radius 3 is 1.65 bits per heavy atom. The normalized spacial score (nSPS) is 25.8. The topological polar surface area (TPSA) is 27.7 Å². The van der Waals surface area contributed by atoms with E-state index < -0.39 is 0 Å². The fourth-order valence-corrected chi connectivity index (χ4v) is 2.51. The Morgan fingerprint density at radius 2 is 1.25 bits per heavy atom. The van der Waals surface area contributed by atoms with Gasteiger partial charge >= 0.3 is 0 Å². The minimum atomic E-state index is -0.324. The highest BCUT2D eigenvalue weighted by atomic mass is 16.7. The van der Waals surface area contributed by atoms with Gasteiger partial charge in [-0.1, -0.05) is 60.7 Å². The molecular weight excluding hydrogens is 252 g/mol. The van der Waals surface area contributed by atoms with Crippen molar-refractivity contribution < 1.29 is 14.2 Å². The predicted molar refractivity (Wildman–Crippen MR) is 76.2 cm³/mol. The summed E-state index contributed by atoms with van der Waals surface area (Å²) in [5, 5.41) is 0. The van der Waals surface area contributed by atoms with Gasteiger partial charge in [-0.2, -0.15) is 0 Å². The molecule has 0 saturated carbocycles. The van der Waals surface area contributed by atoms with E-state index in [0.717, 1.165) is 11.1 Å². The van der Waals surface area contributed by atoms with Crippen LogP contribution in [-0.4, -0.2) is 20.0 Å². The second kappa shape index (κ2) is 6.18. The highest BCUT2D eigenvalue weighted by Crippen LogP contribution is 2.42. The second-order valence-corrected chi connectivity index (χ2v) is 4.82. The summed E-state index contributed by atoms with van der Waals surface area (Å²) >= 11 is 0. The molecule has 3 rings (SSSR count). The molecule has 1 aliphatic heterocycles. The van der Waals surface area contributed by atoms with E-state index in [1.54, 1.807) is 7.11 Å². The maximum atomic E-state index is 6.01. The third-order valence-corrected chi connectivity index (χ3v) is 3.43. The van der Waals surface area contributed by atoms with Gasteiger partial charge in [0, 0.05) is 7.11 Å². The third kappa shape index (κ3) is 2.75. The Balaban J connectivity index is 1.89. The van der Waals surface area contributed by atoms with Crippen LogP contribution in [0.5, 0.6) is 0 Å². The third-order valence-electron chi connectivity index (χ3n) is 3.43. The van der Waals surface area contributed by atoms with E-state index in [4.69, 9.17) is 14.2 Å². The van der Waals surface area contributed by atoms with Crippen LogP contribution in [0.25, 0.3) is 0 Å². The zero-order valence-electron chi connectivity index (χ0n) is 11.4. The lowest BCUT2D eigenvalue weighted by atomic mass is 9.99. The molecule has 1 heterocycles. The molecule has 0 aliphatic carbocycles. The molecule has 1 aliphatic rings. The van der Waals surface area contributed by atoms with Crippen molar-refractivity contribution >= 4 is 0 Å². The Morgan fingerprint density at radius 1 is 0.800 bits per heavy atom. The van der Waals surface area contributed by atoms with Crippen LogP contribution in [0.3, 0.4) is 0 Å². The van der Waals surface area contributed by atoms with Gasteiger partial charge < -0.3 is 14.2 Å². The van der Waals surface area contributed by atoms with Gasteiger partial charge in [-0.3, -0.25) is 0 Å². The van der Waals surface area contributed by atoms with Gasteiger partial charge in [0.05, 0.1) is 6.61 Å². The minimum absolute atomic E-state index is 0.0984. The molecule has 0 radical (unpaired) electrons. The van der Waals surface area contributed by atoms with E-state index >= 15 is 0 Å². The summed E-state index contributed by atoms with van der Waals surface area (Å²) in [5.41, 5.74) is 2.25. The van der Waals surface area contributed by atoms with Crippen molar-refractivity contribution in [2.24, 2.45) is 0 Å². The molecule has 2 atom stereocenters. The van der Waals surface area contributed by atoms with Gasteiger partial charge in [0.1, 0.15) is 12.2 Å². The summed E-state index contributed by atoms with van der Waals surface area (Å²) in [4.78, 5) is 0. The van der Waals surface area contributed by atoms with E-state index in [1.807, 2.05) is 36.4 Å². The second-order valence-electron chi connectivity index (χ2n) is 4.82. The zero-order chi connectivity index (χ0) is 13.8. The molecule has 2 aromatic carbocycles. The van der Waals surface area contributed by atoms with Gasteiger partial charge in [0.15, 0.2) is 6.29 Å². The Bertz CT molecular complexity index is 479. The van der Waals surface area contributed by atoms with Gasteiger partial charge in [-0.05, 0) is 11.1 Å². The van der Waals surface area contributed by atoms with Crippen molar-refractivity contribution in [1.29, 1.82) is 0 Å². The van der Waals surface area contributed by atoms with Crippen LogP contribution in [0, 0.1) is 0 Å². The van der Waals surface area contributed by atoms with Crippen LogP contribution in [0.1, 0.15) is 23.3 Å². The smallest absolute Gasteiger partial charge is 0.182 e. The first-order chi connectivity index (χ1) is 9.88. The van der Waals surface area contributed by atoms with Gasteiger partial charge in [0.2, 0.25) is 0 Å². The van der Waals surface area contributed by atoms with Gasteiger partial charge in [-0.25, -0.2) is 0 Å². The Labute approximate surface area is 119 Å². The molecule has 3 heteroatoms. The maximum absolute atomic E-state index is 6.01. The summed E-state index contributed by atoms with van der Waals surface area (Å²) < 4.78 is 17.2. The molecule has 0 N–H and O–H groups in total. The average Bonchev–Trinajstić information content (AvgIpc) is 2.93. The monoisotopic (exact) mass is 270 g/mol. The SMILES string of the molecule is COCC1OC(c2ccccc2)C(c2ccccc2)O1. The van der Waals surface area contributed by atoms with Crippen LogP contribution in [0.2, 0.25) is 0 Å². The summed E-state index contributed by atoms with van der Waals surface area (Å²) in [6.07, 6.45) is -0.520. The first-order valence-electron chi connectivity index (χ1n) is 6.78. The number of methoxy groups -OCH3 is 1. The Hall–Kier alpha value is -1.68. The van der Waals surface area contributed by atoms with E-state index in [-0.39, 0.29) is 18.5 Å². The average molecular weight is 270 g/mol. The lowest BCUT2D eigenvalue weighted by Crippen LogP contribution is -2.15. The van der Waals surface area contributed by atoms with E-state index in [9.17, 15) is 0 Å². The molecule has 0 bridgehead atoms. The molecule has 3 nitrogen and oxygen atoms in total. The van der Waals surface area contributed by atoms with E-state index in [0.29, 0.717) is 6.61 Å². The predicted octanol–water partition coefficient (Wildman–Crippen LogP) is 3.49. The van der Waals surface area contributed by atoms with Crippen molar-refractivity contribution in [3.8, 4) is 0 Å². The number of hydrogen-bond acceptors (Lipinski definition) is 3. The lowest BCUT2D eigenvalue weighted by molar-refractivity contribution is -0.104. The van der Waals surface area contributed by atoms with Crippen molar-refractivity contribution in [3.63, 3.8) is 0 Å². The van der Waals surface area contributed by atoms with Crippen molar-refractivity contribution in [2.45, 2.75) is 18.5 Å². The maximum Gasteiger partial charge on any atom is 0.182 e. The quantitative estimate of drug-likeness (QED) is 0.851. The Kier molecular flexibility index (Phi) is 4.11. The van der Waals surface area contributed by atoms with Crippen molar-refractivity contribution in [1.82, 2.24) is 0 Å². The lowest BCUT2D eigenvalue weighted by Gasteiger charge is -2.17. The fourth-order valence-electron chi connectivity index (χ4n) is 2.51. The largest absolute Gasteiger partial charge is 0.379 e.